The van der Waals surface area contributed by atoms with Gasteiger partial charge in [-0.15, -0.1) is 0 Å². The Hall–Kier alpha value is -1.48. The summed E-state index contributed by atoms with van der Waals surface area (Å²) in [6.45, 7) is 3.50. The lowest BCUT2D eigenvalue weighted by Gasteiger charge is -2.21. The highest BCUT2D eigenvalue weighted by Crippen LogP contribution is 2.36. The van der Waals surface area contributed by atoms with Crippen molar-refractivity contribution in [2.24, 2.45) is 0 Å². The van der Waals surface area contributed by atoms with E-state index in [9.17, 15) is 21.6 Å². The third-order valence-corrected chi connectivity index (χ3v) is 4.31. The van der Waals surface area contributed by atoms with Crippen LogP contribution in [0.25, 0.3) is 0 Å². The second-order valence-corrected chi connectivity index (χ2v) is 5.66. The molecule has 0 amide bonds. The molecule has 0 aromatic heterocycles. The number of nitrogens with two attached hydrogens (primary N) is 1. The fraction of sp³-hybridized carbons (Fsp3) is 0.455. The van der Waals surface area contributed by atoms with Crippen LogP contribution in [0, 0.1) is 0 Å². The van der Waals surface area contributed by atoms with Crippen LogP contribution in [-0.4, -0.2) is 25.8 Å². The summed E-state index contributed by atoms with van der Waals surface area (Å²) in [4.78, 5) is 0. The largest absolute Gasteiger partial charge is 0.418 e. The summed E-state index contributed by atoms with van der Waals surface area (Å²) in [5.41, 5.74) is 3.56. The molecule has 0 spiro atoms. The number of nitrogens with one attached hydrogen (secondary N) is 1. The van der Waals surface area contributed by atoms with Crippen molar-refractivity contribution in [2.45, 2.75) is 20.0 Å². The summed E-state index contributed by atoms with van der Waals surface area (Å²) in [6, 6.07) is 2.90. The van der Waals surface area contributed by atoms with E-state index < -0.39 is 27.6 Å². The van der Waals surface area contributed by atoms with Gasteiger partial charge in [0.15, 0.2) is 0 Å². The topological polar surface area (TPSA) is 75.4 Å². The normalized spacial score (nSPS) is 12.7. The molecule has 0 saturated heterocycles. The standard InChI is InChI=1S/C11H16F3N3O2S/c1-3-17(4-2)20(18,19)16-10-6-5-8(15)7-9(10)11(12,13)14/h5-7,16H,3-4,15H2,1-2H3. The van der Waals surface area contributed by atoms with Crippen molar-refractivity contribution in [3.05, 3.63) is 23.8 Å². The van der Waals surface area contributed by atoms with E-state index in [0.717, 1.165) is 10.4 Å². The Kier molecular flexibility index (Phi) is 4.87. The van der Waals surface area contributed by atoms with Gasteiger partial charge in [0.05, 0.1) is 11.3 Å². The maximum Gasteiger partial charge on any atom is 0.418 e. The van der Waals surface area contributed by atoms with Gasteiger partial charge in [0.25, 0.3) is 0 Å². The Morgan fingerprint density at radius 3 is 2.25 bits per heavy atom. The van der Waals surface area contributed by atoms with Crippen molar-refractivity contribution in [3.8, 4) is 0 Å². The molecule has 9 heteroatoms. The fourth-order valence-electron chi connectivity index (χ4n) is 1.65. The van der Waals surface area contributed by atoms with E-state index in [-0.39, 0.29) is 18.8 Å². The van der Waals surface area contributed by atoms with Gasteiger partial charge in [-0.3, -0.25) is 4.72 Å². The minimum absolute atomic E-state index is 0.0943. The highest BCUT2D eigenvalue weighted by Gasteiger charge is 2.35. The predicted molar refractivity (Wildman–Crippen MR) is 71.3 cm³/mol. The molecular weight excluding hydrogens is 295 g/mol. The number of hydrogen-bond donors (Lipinski definition) is 2. The zero-order valence-corrected chi connectivity index (χ0v) is 11.8. The van der Waals surface area contributed by atoms with E-state index in [1.807, 2.05) is 4.72 Å². The van der Waals surface area contributed by atoms with Crippen LogP contribution in [0.2, 0.25) is 0 Å². The first kappa shape index (κ1) is 16.6. The number of alkyl halides is 3. The number of hydrogen-bond acceptors (Lipinski definition) is 3. The number of nitrogens with zero attached hydrogens (tertiary/aromatic N) is 1. The van der Waals surface area contributed by atoms with Crippen LogP contribution in [-0.2, 0) is 16.4 Å². The molecule has 0 aliphatic heterocycles. The van der Waals surface area contributed by atoms with Gasteiger partial charge in [-0.05, 0) is 18.2 Å². The first-order valence-electron chi connectivity index (χ1n) is 5.86. The summed E-state index contributed by atoms with van der Waals surface area (Å²) < 4.78 is 65.4. The van der Waals surface area contributed by atoms with Crippen LogP contribution in [0.15, 0.2) is 18.2 Å². The van der Waals surface area contributed by atoms with E-state index in [1.165, 1.54) is 6.07 Å². The Morgan fingerprint density at radius 1 is 1.25 bits per heavy atom. The first-order chi connectivity index (χ1) is 9.11. The molecule has 0 unspecified atom stereocenters. The Morgan fingerprint density at radius 2 is 1.80 bits per heavy atom. The quantitative estimate of drug-likeness (QED) is 0.819. The van der Waals surface area contributed by atoms with Crippen LogP contribution in [0.5, 0.6) is 0 Å². The lowest BCUT2D eigenvalue weighted by Crippen LogP contribution is -2.36. The fourth-order valence-corrected chi connectivity index (χ4v) is 2.92. The molecule has 0 aliphatic carbocycles. The molecule has 0 aliphatic rings. The number of rotatable bonds is 5. The second kappa shape index (κ2) is 5.88. The average molecular weight is 311 g/mol. The van der Waals surface area contributed by atoms with Gasteiger partial charge in [-0.1, -0.05) is 13.8 Å². The van der Waals surface area contributed by atoms with E-state index in [4.69, 9.17) is 5.73 Å². The molecule has 0 radical (unpaired) electrons. The summed E-state index contributed by atoms with van der Waals surface area (Å²) >= 11 is 0. The van der Waals surface area contributed by atoms with Crippen molar-refractivity contribution >= 4 is 21.6 Å². The second-order valence-electron chi connectivity index (χ2n) is 3.99. The molecule has 5 nitrogen and oxygen atoms in total. The molecule has 114 valence electrons. The van der Waals surface area contributed by atoms with Crippen molar-refractivity contribution in [2.75, 3.05) is 23.5 Å². The summed E-state index contributed by atoms with van der Waals surface area (Å²) in [5, 5.41) is 0. The summed E-state index contributed by atoms with van der Waals surface area (Å²) in [5.74, 6) is 0. The Balaban J connectivity index is 3.22. The van der Waals surface area contributed by atoms with E-state index in [1.54, 1.807) is 13.8 Å². The number of halogens is 3. The van der Waals surface area contributed by atoms with E-state index >= 15 is 0 Å². The van der Waals surface area contributed by atoms with Gasteiger partial charge in [0.2, 0.25) is 0 Å². The highest BCUT2D eigenvalue weighted by atomic mass is 32.2. The molecule has 0 saturated carbocycles. The Labute approximate surface area is 115 Å². The molecule has 0 heterocycles. The van der Waals surface area contributed by atoms with Crippen molar-refractivity contribution < 1.29 is 21.6 Å². The van der Waals surface area contributed by atoms with Crippen LogP contribution in [0.3, 0.4) is 0 Å². The van der Waals surface area contributed by atoms with Gasteiger partial charge >= 0.3 is 16.4 Å². The molecule has 3 N–H and O–H groups in total. The summed E-state index contributed by atoms with van der Waals surface area (Å²) in [6.07, 6.45) is -4.70. The molecule has 0 bridgehead atoms. The molecule has 1 aromatic carbocycles. The maximum absolute atomic E-state index is 12.9. The predicted octanol–water partition coefficient (Wildman–Crippen LogP) is 2.29. The SMILES string of the molecule is CCN(CC)S(=O)(=O)Nc1ccc(N)cc1C(F)(F)F. The Bertz CT molecular complexity index is 569. The third kappa shape index (κ3) is 3.76. The van der Waals surface area contributed by atoms with Gasteiger partial charge < -0.3 is 5.73 Å². The lowest BCUT2D eigenvalue weighted by atomic mass is 10.1. The lowest BCUT2D eigenvalue weighted by molar-refractivity contribution is -0.136. The molecule has 0 fully saturated rings. The van der Waals surface area contributed by atoms with Gasteiger partial charge in [-0.2, -0.15) is 25.9 Å². The molecule has 0 atom stereocenters. The zero-order valence-electron chi connectivity index (χ0n) is 11.0. The van der Waals surface area contributed by atoms with Crippen LogP contribution < -0.4 is 10.5 Å². The van der Waals surface area contributed by atoms with Gasteiger partial charge in [0.1, 0.15) is 0 Å². The van der Waals surface area contributed by atoms with Gasteiger partial charge in [0, 0.05) is 18.8 Å². The molecule has 20 heavy (non-hydrogen) atoms. The highest BCUT2D eigenvalue weighted by molar-refractivity contribution is 7.90. The third-order valence-electron chi connectivity index (χ3n) is 2.63. The van der Waals surface area contributed by atoms with Gasteiger partial charge in [-0.25, -0.2) is 0 Å². The smallest absolute Gasteiger partial charge is 0.399 e. The van der Waals surface area contributed by atoms with Crippen LogP contribution in [0.1, 0.15) is 19.4 Å². The summed E-state index contributed by atoms with van der Waals surface area (Å²) in [7, 11) is -4.03. The number of anilines is 2. The average Bonchev–Trinajstić information content (AvgIpc) is 2.31. The van der Waals surface area contributed by atoms with Crippen molar-refractivity contribution in [1.82, 2.24) is 4.31 Å². The number of nitrogen functional groups attached to an aromatic ring is 1. The van der Waals surface area contributed by atoms with E-state index in [0.29, 0.717) is 6.07 Å². The maximum atomic E-state index is 12.9. The molecular formula is C11H16F3N3O2S. The molecule has 1 rings (SSSR count). The van der Waals surface area contributed by atoms with Crippen LogP contribution in [0.4, 0.5) is 24.5 Å². The minimum Gasteiger partial charge on any atom is -0.399 e. The van der Waals surface area contributed by atoms with E-state index in [2.05, 4.69) is 0 Å². The van der Waals surface area contributed by atoms with Crippen LogP contribution >= 0.6 is 0 Å². The van der Waals surface area contributed by atoms with Crippen molar-refractivity contribution in [3.63, 3.8) is 0 Å². The number of benzene rings is 1. The molecule has 1 aromatic rings. The minimum atomic E-state index is -4.70. The zero-order chi connectivity index (χ0) is 15.6. The monoisotopic (exact) mass is 311 g/mol. The van der Waals surface area contributed by atoms with Crippen molar-refractivity contribution in [1.29, 1.82) is 0 Å². The first-order valence-corrected chi connectivity index (χ1v) is 7.30.